The Morgan fingerprint density at radius 2 is 2.00 bits per heavy atom. The molecular weight excluding hydrogens is 284 g/mol. The molecule has 1 aliphatic rings. The number of hydrogen-bond acceptors (Lipinski definition) is 4. The van der Waals surface area contributed by atoms with Crippen LogP contribution in [0.2, 0.25) is 0 Å². The number of hydrogen-bond donors (Lipinski definition) is 2. The molecule has 1 aliphatic heterocycles. The highest BCUT2D eigenvalue weighted by atomic mass is 28.2. The molecule has 1 aromatic carbocycles. The first kappa shape index (κ1) is 16.6. The van der Waals surface area contributed by atoms with Crippen molar-refractivity contribution in [1.82, 2.24) is 0 Å². The van der Waals surface area contributed by atoms with Gasteiger partial charge in [0.15, 0.2) is 6.29 Å². The van der Waals surface area contributed by atoms with Crippen LogP contribution in [0.3, 0.4) is 0 Å². The Kier molecular flexibility index (Phi) is 5.22. The molecular formula is C16H24O4Si. The van der Waals surface area contributed by atoms with Gasteiger partial charge in [-0.15, -0.1) is 0 Å². The molecule has 0 aromatic heterocycles. The molecule has 116 valence electrons. The van der Waals surface area contributed by atoms with E-state index in [4.69, 9.17) is 9.47 Å². The van der Waals surface area contributed by atoms with Crippen LogP contribution in [0.4, 0.5) is 0 Å². The second-order valence-corrected chi connectivity index (χ2v) is 7.89. The Morgan fingerprint density at radius 3 is 2.57 bits per heavy atom. The molecule has 0 aliphatic carbocycles. The van der Waals surface area contributed by atoms with E-state index in [-0.39, 0.29) is 21.0 Å². The molecule has 1 fully saturated rings. The number of ether oxygens (including phenoxy) is 2. The van der Waals surface area contributed by atoms with Gasteiger partial charge in [0, 0.05) is 13.5 Å². The van der Waals surface area contributed by atoms with Crippen LogP contribution in [0.25, 0.3) is 0 Å². The smallest absolute Gasteiger partial charge is 0.183 e. The van der Waals surface area contributed by atoms with Gasteiger partial charge < -0.3 is 19.7 Å². The van der Waals surface area contributed by atoms with E-state index in [1.807, 2.05) is 12.1 Å². The van der Waals surface area contributed by atoms with Gasteiger partial charge in [-0.1, -0.05) is 50.2 Å². The summed E-state index contributed by atoms with van der Waals surface area (Å²) >= 11 is 0. The molecule has 0 spiro atoms. The topological polar surface area (TPSA) is 58.9 Å². The molecule has 1 saturated heterocycles. The number of benzene rings is 1. The molecule has 2 unspecified atom stereocenters. The summed E-state index contributed by atoms with van der Waals surface area (Å²) in [5, 5.41) is 21.4. The second-order valence-electron chi connectivity index (χ2n) is 6.47. The van der Waals surface area contributed by atoms with Crippen LogP contribution in [0.5, 0.6) is 0 Å². The number of aliphatic hydroxyl groups is 2. The molecule has 0 bridgehead atoms. The molecule has 1 aromatic rings. The zero-order valence-electron chi connectivity index (χ0n) is 13.0. The molecule has 0 amide bonds. The molecule has 2 N–H and O–H groups in total. The van der Waals surface area contributed by atoms with Crippen molar-refractivity contribution in [2.75, 3.05) is 7.11 Å². The minimum atomic E-state index is -0.669. The van der Waals surface area contributed by atoms with Crippen molar-refractivity contribution in [2.45, 2.75) is 56.8 Å². The SMILES string of the molecule is COC1O[C@H](C(O)[Si]c2ccccc2C(C)(C)C)C[C@H]1O. The summed E-state index contributed by atoms with van der Waals surface area (Å²) < 4.78 is 10.6. The van der Waals surface area contributed by atoms with Crippen LogP contribution in [-0.2, 0) is 14.9 Å². The first-order chi connectivity index (χ1) is 9.82. The Morgan fingerprint density at radius 1 is 1.33 bits per heavy atom. The van der Waals surface area contributed by atoms with Crippen molar-refractivity contribution in [3.05, 3.63) is 29.8 Å². The zero-order chi connectivity index (χ0) is 15.6. The molecule has 5 heteroatoms. The van der Waals surface area contributed by atoms with Gasteiger partial charge in [-0.2, -0.15) is 0 Å². The van der Waals surface area contributed by atoms with Gasteiger partial charge in [0.05, 0.1) is 11.8 Å². The second kappa shape index (κ2) is 6.58. The average molecular weight is 308 g/mol. The Balaban J connectivity index is 2.09. The van der Waals surface area contributed by atoms with Gasteiger partial charge >= 0.3 is 0 Å². The molecule has 21 heavy (non-hydrogen) atoms. The highest BCUT2D eigenvalue weighted by molar-refractivity contribution is 6.55. The minimum absolute atomic E-state index is 0.0361. The Hall–Kier alpha value is -0.723. The van der Waals surface area contributed by atoms with E-state index in [1.165, 1.54) is 12.7 Å². The summed E-state index contributed by atoms with van der Waals surface area (Å²) in [7, 11) is 1.73. The fraction of sp³-hybridized carbons (Fsp3) is 0.625. The molecule has 1 heterocycles. The van der Waals surface area contributed by atoms with E-state index < -0.39 is 18.1 Å². The maximum Gasteiger partial charge on any atom is 0.183 e. The first-order valence-corrected chi connectivity index (χ1v) is 8.31. The van der Waals surface area contributed by atoms with E-state index in [0.29, 0.717) is 6.42 Å². The highest BCUT2D eigenvalue weighted by Gasteiger charge is 2.38. The van der Waals surface area contributed by atoms with E-state index in [2.05, 4.69) is 32.9 Å². The minimum Gasteiger partial charge on any atom is -0.394 e. The summed E-state index contributed by atoms with van der Waals surface area (Å²) in [5.41, 5.74) is 0.654. The van der Waals surface area contributed by atoms with Crippen molar-refractivity contribution in [3.63, 3.8) is 0 Å². The monoisotopic (exact) mass is 308 g/mol. The predicted octanol–water partition coefficient (Wildman–Crippen LogP) is 0.754. The van der Waals surface area contributed by atoms with Gasteiger partial charge in [-0.3, -0.25) is 0 Å². The lowest BCUT2D eigenvalue weighted by Gasteiger charge is -2.25. The summed E-state index contributed by atoms with van der Waals surface area (Å²) in [6.45, 7) is 6.50. The number of rotatable bonds is 4. The standard InChI is InChI=1S/C16H24O4Si/c1-16(2,3)10-7-5-6-8-13(10)21-14(18)12-9-11(17)15(19-4)20-12/h5-8,11-12,14-15,17-18H,9H2,1-4H3/t11-,12+,14?,15?/m1/s1. The lowest BCUT2D eigenvalue weighted by Crippen LogP contribution is -2.41. The summed E-state index contributed by atoms with van der Waals surface area (Å²) in [6.07, 6.45) is -1.27. The third kappa shape index (κ3) is 3.93. The van der Waals surface area contributed by atoms with Crippen LogP contribution in [0, 0.1) is 0 Å². The van der Waals surface area contributed by atoms with Gasteiger partial charge in [0.25, 0.3) is 0 Å². The molecule has 4 nitrogen and oxygen atoms in total. The third-order valence-corrected chi connectivity index (χ3v) is 5.13. The average Bonchev–Trinajstić information content (AvgIpc) is 2.79. The fourth-order valence-electron chi connectivity index (χ4n) is 2.60. The van der Waals surface area contributed by atoms with Crippen LogP contribution in [0.15, 0.2) is 24.3 Å². The fourth-order valence-corrected chi connectivity index (χ4v) is 4.12. The lowest BCUT2D eigenvalue weighted by atomic mass is 9.87. The van der Waals surface area contributed by atoms with Gasteiger partial charge in [-0.25, -0.2) is 0 Å². The maximum absolute atomic E-state index is 10.4. The van der Waals surface area contributed by atoms with Crippen molar-refractivity contribution in [1.29, 1.82) is 0 Å². The third-order valence-electron chi connectivity index (χ3n) is 3.72. The Bertz CT molecular complexity index is 472. The molecule has 2 radical (unpaired) electrons. The molecule has 2 rings (SSSR count). The molecule has 0 saturated carbocycles. The lowest BCUT2D eigenvalue weighted by molar-refractivity contribution is -0.156. The largest absolute Gasteiger partial charge is 0.394 e. The van der Waals surface area contributed by atoms with E-state index >= 15 is 0 Å². The maximum atomic E-state index is 10.4. The number of methoxy groups -OCH3 is 1. The van der Waals surface area contributed by atoms with Crippen LogP contribution in [0.1, 0.15) is 32.8 Å². The van der Waals surface area contributed by atoms with Gasteiger partial charge in [-0.05, 0) is 11.0 Å². The van der Waals surface area contributed by atoms with Crippen molar-refractivity contribution in [2.24, 2.45) is 0 Å². The predicted molar refractivity (Wildman–Crippen MR) is 82.8 cm³/mol. The van der Waals surface area contributed by atoms with Gasteiger partial charge in [0.2, 0.25) is 0 Å². The van der Waals surface area contributed by atoms with Crippen molar-refractivity contribution in [3.8, 4) is 0 Å². The van der Waals surface area contributed by atoms with Crippen LogP contribution < -0.4 is 5.19 Å². The van der Waals surface area contributed by atoms with Crippen molar-refractivity contribution >= 4 is 14.7 Å². The normalized spacial score (nSPS) is 27.8. The zero-order valence-corrected chi connectivity index (χ0v) is 14.0. The van der Waals surface area contributed by atoms with E-state index in [0.717, 1.165) is 5.19 Å². The summed E-state index contributed by atoms with van der Waals surface area (Å²) in [6, 6.07) is 8.18. The molecule has 4 atom stereocenters. The summed E-state index contributed by atoms with van der Waals surface area (Å²) in [5.74, 6) is 0. The summed E-state index contributed by atoms with van der Waals surface area (Å²) in [4.78, 5) is 0. The van der Waals surface area contributed by atoms with E-state index in [1.54, 1.807) is 0 Å². The quantitative estimate of drug-likeness (QED) is 0.806. The van der Waals surface area contributed by atoms with Gasteiger partial charge in [0.1, 0.15) is 15.6 Å². The number of aliphatic hydroxyl groups excluding tert-OH is 2. The highest BCUT2D eigenvalue weighted by Crippen LogP contribution is 2.24. The van der Waals surface area contributed by atoms with E-state index in [9.17, 15) is 10.2 Å². The van der Waals surface area contributed by atoms with Crippen molar-refractivity contribution < 1.29 is 19.7 Å². The van der Waals surface area contributed by atoms with Crippen LogP contribution >= 0.6 is 0 Å². The van der Waals surface area contributed by atoms with Crippen LogP contribution in [-0.4, -0.2) is 51.1 Å². The Labute approximate surface area is 128 Å². The first-order valence-electron chi connectivity index (χ1n) is 7.23.